The molecule has 0 atom stereocenters. The number of ether oxygens (including phenoxy) is 1. The van der Waals surface area contributed by atoms with Crippen LogP contribution in [-0.4, -0.2) is 68.8 Å². The summed E-state index contributed by atoms with van der Waals surface area (Å²) in [6.45, 7) is 1.79. The van der Waals surface area contributed by atoms with E-state index in [2.05, 4.69) is 0 Å². The SMILES string of the molecule is O=C(COc1ccccc1)N1CCN(S(=O)(=O)c2cc3c4c(c2)CCC(=O)N4CCC3)CC1. The first-order chi connectivity index (χ1) is 15.9. The van der Waals surface area contributed by atoms with Gasteiger partial charge in [-0.25, -0.2) is 8.42 Å². The molecule has 8 nitrogen and oxygen atoms in total. The van der Waals surface area contributed by atoms with Gasteiger partial charge in [0.1, 0.15) is 5.75 Å². The molecule has 0 bridgehead atoms. The summed E-state index contributed by atoms with van der Waals surface area (Å²) in [6.07, 6.45) is 2.61. The summed E-state index contributed by atoms with van der Waals surface area (Å²) in [4.78, 5) is 28.5. The van der Waals surface area contributed by atoms with E-state index >= 15 is 0 Å². The Morgan fingerprint density at radius 1 is 0.909 bits per heavy atom. The highest BCUT2D eigenvalue weighted by atomic mass is 32.2. The van der Waals surface area contributed by atoms with E-state index < -0.39 is 10.0 Å². The van der Waals surface area contributed by atoms with Gasteiger partial charge in [0.2, 0.25) is 15.9 Å². The minimum atomic E-state index is -3.68. The van der Waals surface area contributed by atoms with E-state index in [0.717, 1.165) is 29.7 Å². The molecular weight excluding hydrogens is 442 g/mol. The van der Waals surface area contributed by atoms with Gasteiger partial charge in [0.15, 0.2) is 6.61 Å². The van der Waals surface area contributed by atoms with Crippen molar-refractivity contribution in [2.24, 2.45) is 0 Å². The molecule has 0 spiro atoms. The third kappa shape index (κ3) is 4.22. The predicted molar refractivity (Wildman–Crippen MR) is 123 cm³/mol. The fourth-order valence-corrected chi connectivity index (χ4v) is 6.37. The Morgan fingerprint density at radius 3 is 2.33 bits per heavy atom. The molecule has 3 aliphatic rings. The summed E-state index contributed by atoms with van der Waals surface area (Å²) in [5.41, 5.74) is 2.81. The van der Waals surface area contributed by atoms with Crippen molar-refractivity contribution in [1.82, 2.24) is 9.21 Å². The zero-order valence-corrected chi connectivity index (χ0v) is 19.2. The second-order valence-electron chi connectivity index (χ2n) is 8.63. The average molecular weight is 470 g/mol. The van der Waals surface area contributed by atoms with Gasteiger partial charge < -0.3 is 14.5 Å². The Labute approximate surface area is 193 Å². The van der Waals surface area contributed by atoms with Crippen molar-refractivity contribution in [2.75, 3.05) is 44.2 Å². The summed E-state index contributed by atoms with van der Waals surface area (Å²) in [5.74, 6) is 0.596. The van der Waals surface area contributed by atoms with Crippen LogP contribution >= 0.6 is 0 Å². The molecule has 1 fully saturated rings. The van der Waals surface area contributed by atoms with E-state index in [-0.39, 0.29) is 31.5 Å². The topological polar surface area (TPSA) is 87.2 Å². The Kier molecular flexibility index (Phi) is 5.84. The molecule has 0 aliphatic carbocycles. The number of hydrogen-bond acceptors (Lipinski definition) is 5. The van der Waals surface area contributed by atoms with Crippen LogP contribution < -0.4 is 9.64 Å². The second kappa shape index (κ2) is 8.79. The first-order valence-corrected chi connectivity index (χ1v) is 12.8. The first kappa shape index (κ1) is 21.9. The lowest BCUT2D eigenvalue weighted by molar-refractivity contribution is -0.134. The number of carbonyl (C=O) groups excluding carboxylic acids is 2. The molecular formula is C24H27N3O5S. The Hall–Kier alpha value is -2.91. The summed E-state index contributed by atoms with van der Waals surface area (Å²) >= 11 is 0. The van der Waals surface area contributed by atoms with E-state index in [0.29, 0.717) is 43.1 Å². The third-order valence-electron chi connectivity index (χ3n) is 6.58. The Balaban J connectivity index is 1.26. The van der Waals surface area contributed by atoms with Gasteiger partial charge in [0, 0.05) is 39.1 Å². The van der Waals surface area contributed by atoms with Crippen LogP contribution in [0.2, 0.25) is 0 Å². The maximum atomic E-state index is 13.4. The number of carbonyl (C=O) groups is 2. The molecule has 0 unspecified atom stereocenters. The normalized spacial score (nSPS) is 18.7. The van der Waals surface area contributed by atoms with Crippen molar-refractivity contribution in [3.63, 3.8) is 0 Å². The molecule has 2 amide bonds. The van der Waals surface area contributed by atoms with Crippen molar-refractivity contribution < 1.29 is 22.7 Å². The second-order valence-corrected chi connectivity index (χ2v) is 10.6. The quantitative estimate of drug-likeness (QED) is 0.667. The molecule has 174 valence electrons. The molecule has 3 heterocycles. The fraction of sp³-hybridized carbons (Fsp3) is 0.417. The fourth-order valence-electron chi connectivity index (χ4n) is 4.85. The number of rotatable bonds is 5. The molecule has 0 radical (unpaired) electrons. The van der Waals surface area contributed by atoms with E-state index in [1.54, 1.807) is 29.2 Å². The smallest absolute Gasteiger partial charge is 0.260 e. The summed E-state index contributed by atoms with van der Waals surface area (Å²) in [7, 11) is -3.68. The molecule has 9 heteroatoms. The molecule has 0 aromatic heterocycles. The number of hydrogen-bond donors (Lipinski definition) is 0. The van der Waals surface area contributed by atoms with Crippen LogP contribution in [0, 0.1) is 0 Å². The van der Waals surface area contributed by atoms with Crippen LogP contribution in [0.3, 0.4) is 0 Å². The van der Waals surface area contributed by atoms with Gasteiger partial charge in [-0.05, 0) is 54.7 Å². The number of aryl methyl sites for hydroxylation is 2. The van der Waals surface area contributed by atoms with E-state index in [4.69, 9.17) is 4.74 Å². The number of benzene rings is 2. The lowest BCUT2D eigenvalue weighted by Gasteiger charge is -2.36. The molecule has 2 aromatic rings. The van der Waals surface area contributed by atoms with Gasteiger partial charge in [-0.1, -0.05) is 18.2 Å². The highest BCUT2D eigenvalue weighted by Gasteiger charge is 2.34. The number of amides is 2. The van der Waals surface area contributed by atoms with Crippen LogP contribution in [0.25, 0.3) is 0 Å². The van der Waals surface area contributed by atoms with Crippen LogP contribution in [-0.2, 0) is 32.5 Å². The maximum Gasteiger partial charge on any atom is 0.260 e. The number of nitrogens with zero attached hydrogens (tertiary/aromatic N) is 3. The summed E-state index contributed by atoms with van der Waals surface area (Å²) in [5, 5.41) is 0. The van der Waals surface area contributed by atoms with Gasteiger partial charge in [0.05, 0.1) is 10.6 Å². The number of anilines is 1. The molecule has 0 N–H and O–H groups in total. The predicted octanol–water partition coefficient (Wildman–Crippen LogP) is 1.82. The minimum absolute atomic E-state index is 0.0693. The van der Waals surface area contributed by atoms with Gasteiger partial charge in [-0.15, -0.1) is 0 Å². The van der Waals surface area contributed by atoms with Crippen LogP contribution in [0.4, 0.5) is 5.69 Å². The lowest BCUT2D eigenvalue weighted by Crippen LogP contribution is -2.51. The van der Waals surface area contributed by atoms with Crippen LogP contribution in [0.1, 0.15) is 24.0 Å². The first-order valence-electron chi connectivity index (χ1n) is 11.4. The molecule has 3 aliphatic heterocycles. The van der Waals surface area contributed by atoms with Gasteiger partial charge in [-0.2, -0.15) is 4.31 Å². The number of piperazine rings is 1. The molecule has 5 rings (SSSR count). The summed E-state index contributed by atoms with van der Waals surface area (Å²) < 4.78 is 33.8. The Bertz CT molecular complexity index is 1160. The van der Waals surface area contributed by atoms with Crippen molar-refractivity contribution in [3.05, 3.63) is 53.6 Å². The van der Waals surface area contributed by atoms with Crippen LogP contribution in [0.15, 0.2) is 47.4 Å². The van der Waals surface area contributed by atoms with Gasteiger partial charge >= 0.3 is 0 Å². The third-order valence-corrected chi connectivity index (χ3v) is 8.46. The zero-order chi connectivity index (χ0) is 23.0. The zero-order valence-electron chi connectivity index (χ0n) is 18.4. The van der Waals surface area contributed by atoms with Crippen molar-refractivity contribution in [3.8, 4) is 5.75 Å². The molecule has 2 aromatic carbocycles. The Morgan fingerprint density at radius 2 is 1.61 bits per heavy atom. The molecule has 0 saturated carbocycles. The monoisotopic (exact) mass is 469 g/mol. The van der Waals surface area contributed by atoms with Crippen LogP contribution in [0.5, 0.6) is 5.75 Å². The van der Waals surface area contributed by atoms with Crippen molar-refractivity contribution in [1.29, 1.82) is 0 Å². The van der Waals surface area contributed by atoms with Crippen molar-refractivity contribution in [2.45, 2.75) is 30.6 Å². The van der Waals surface area contributed by atoms with Gasteiger partial charge in [0.25, 0.3) is 5.91 Å². The standard InChI is InChI=1S/C24H27N3O5S/c28-22-9-8-19-16-21(15-18-5-4-10-27(22)24(18)19)33(30,31)26-13-11-25(12-14-26)23(29)17-32-20-6-2-1-3-7-20/h1-3,6-7,15-16H,4-5,8-14,17H2. The highest BCUT2D eigenvalue weighted by molar-refractivity contribution is 7.89. The van der Waals surface area contributed by atoms with E-state index in [9.17, 15) is 18.0 Å². The van der Waals surface area contributed by atoms with E-state index in [1.165, 1.54) is 4.31 Å². The molecule has 33 heavy (non-hydrogen) atoms. The number of para-hydroxylation sites is 1. The highest BCUT2D eigenvalue weighted by Crippen LogP contribution is 2.38. The summed E-state index contributed by atoms with van der Waals surface area (Å²) in [6, 6.07) is 12.6. The maximum absolute atomic E-state index is 13.4. The average Bonchev–Trinajstić information content (AvgIpc) is 2.85. The number of sulfonamides is 1. The van der Waals surface area contributed by atoms with E-state index in [1.807, 2.05) is 23.1 Å². The van der Waals surface area contributed by atoms with Crippen molar-refractivity contribution >= 4 is 27.5 Å². The minimum Gasteiger partial charge on any atom is -0.484 e. The van der Waals surface area contributed by atoms with Gasteiger partial charge in [-0.3, -0.25) is 9.59 Å². The largest absolute Gasteiger partial charge is 0.484 e. The molecule has 1 saturated heterocycles. The lowest BCUT2D eigenvalue weighted by atomic mass is 9.92.